The third-order valence-corrected chi connectivity index (χ3v) is 6.81. The Kier molecular flexibility index (Phi) is 4.06. The first-order chi connectivity index (χ1) is 13.5. The van der Waals surface area contributed by atoms with Crippen molar-refractivity contribution in [3.05, 3.63) is 59.2 Å². The Morgan fingerprint density at radius 2 is 2.14 bits per heavy atom. The molecule has 0 radical (unpaired) electrons. The maximum absolute atomic E-state index is 14.2. The van der Waals surface area contributed by atoms with Crippen LogP contribution >= 0.6 is 11.3 Å². The number of fused-ring (bicyclic) bond motifs is 2. The zero-order valence-electron chi connectivity index (χ0n) is 15.0. The van der Waals surface area contributed by atoms with Crippen LogP contribution in [0.1, 0.15) is 41.7 Å². The van der Waals surface area contributed by atoms with E-state index < -0.39 is 11.4 Å². The lowest BCUT2D eigenvalue weighted by atomic mass is 9.82. The molecule has 8 heteroatoms. The van der Waals surface area contributed by atoms with Crippen LogP contribution in [0.2, 0.25) is 0 Å². The maximum atomic E-state index is 14.2. The van der Waals surface area contributed by atoms with E-state index in [4.69, 9.17) is 0 Å². The van der Waals surface area contributed by atoms with E-state index in [1.54, 1.807) is 12.4 Å². The van der Waals surface area contributed by atoms with E-state index >= 15 is 0 Å². The Morgan fingerprint density at radius 3 is 2.82 bits per heavy atom. The fraction of sp³-hybridized carbons (Fsp3) is 0.350. The molecule has 3 aromatic rings. The summed E-state index contributed by atoms with van der Waals surface area (Å²) in [7, 11) is 0. The lowest BCUT2D eigenvalue weighted by Crippen LogP contribution is -2.52. The smallest absolute Gasteiger partial charge is 0.255 e. The summed E-state index contributed by atoms with van der Waals surface area (Å²) < 4.78 is 14.2. The summed E-state index contributed by atoms with van der Waals surface area (Å²) in [6, 6.07) is 4.49. The van der Waals surface area contributed by atoms with Gasteiger partial charge in [0.15, 0.2) is 0 Å². The molecule has 2 aliphatic heterocycles. The number of pyridine rings is 1. The topological polar surface area (TPSA) is 82.1 Å². The van der Waals surface area contributed by atoms with Gasteiger partial charge in [-0.15, -0.1) is 11.3 Å². The number of H-pyrrole nitrogens is 1. The molecule has 2 N–H and O–H groups in total. The number of carbonyl (C=O) groups is 1. The third kappa shape index (κ3) is 2.75. The highest BCUT2D eigenvalue weighted by Crippen LogP contribution is 2.46. The Labute approximate surface area is 165 Å². The average molecular weight is 398 g/mol. The van der Waals surface area contributed by atoms with Gasteiger partial charge in [-0.05, 0) is 31.0 Å². The summed E-state index contributed by atoms with van der Waals surface area (Å²) in [5, 5.41) is 19.7. The van der Waals surface area contributed by atoms with Crippen molar-refractivity contribution < 1.29 is 14.3 Å². The van der Waals surface area contributed by atoms with Crippen molar-refractivity contribution >= 4 is 17.2 Å². The molecule has 0 aliphatic carbocycles. The lowest BCUT2D eigenvalue weighted by Gasteiger charge is -2.43. The molecule has 6 nitrogen and oxygen atoms in total. The van der Waals surface area contributed by atoms with Crippen molar-refractivity contribution in [2.45, 2.75) is 43.4 Å². The van der Waals surface area contributed by atoms with Gasteiger partial charge in [0.25, 0.3) is 5.91 Å². The average Bonchev–Trinajstić information content (AvgIpc) is 3.41. The van der Waals surface area contributed by atoms with Gasteiger partial charge in [0.1, 0.15) is 17.1 Å². The molecule has 0 aromatic carbocycles. The highest BCUT2D eigenvalue weighted by Gasteiger charge is 2.51. The second-order valence-electron chi connectivity index (χ2n) is 7.56. The molecule has 2 aliphatic rings. The number of halogens is 1. The highest BCUT2D eigenvalue weighted by atomic mass is 32.1. The van der Waals surface area contributed by atoms with Gasteiger partial charge in [0.2, 0.25) is 0 Å². The first-order valence-corrected chi connectivity index (χ1v) is 10.2. The van der Waals surface area contributed by atoms with E-state index in [0.717, 1.165) is 23.3 Å². The molecule has 2 bridgehead atoms. The molecule has 2 fully saturated rings. The quantitative estimate of drug-likeness (QED) is 0.709. The van der Waals surface area contributed by atoms with Gasteiger partial charge < -0.3 is 10.0 Å². The molecule has 5 heterocycles. The summed E-state index contributed by atoms with van der Waals surface area (Å²) in [5.41, 5.74) is 0.361. The molecule has 1 amide bonds. The second-order valence-corrected chi connectivity index (χ2v) is 8.47. The SMILES string of the molecule is O=C(c1csc(-c2cn[nH]c2)c1)N1C2CCC1CC(O)(c1ncccc1F)C2. The van der Waals surface area contributed by atoms with Gasteiger partial charge in [0.05, 0.1) is 11.8 Å². The number of aliphatic hydroxyl groups is 1. The van der Waals surface area contributed by atoms with Crippen molar-refractivity contribution in [3.63, 3.8) is 0 Å². The van der Waals surface area contributed by atoms with Gasteiger partial charge in [-0.25, -0.2) is 4.39 Å². The van der Waals surface area contributed by atoms with E-state index in [-0.39, 0.29) is 23.7 Å². The Bertz CT molecular complexity index is 1000. The minimum Gasteiger partial charge on any atom is -0.383 e. The van der Waals surface area contributed by atoms with Crippen LogP contribution in [0, 0.1) is 5.82 Å². The number of piperidine rings is 1. The fourth-order valence-corrected chi connectivity index (χ4v) is 5.48. The summed E-state index contributed by atoms with van der Waals surface area (Å²) in [4.78, 5) is 20.2. The molecule has 2 atom stereocenters. The summed E-state index contributed by atoms with van der Waals surface area (Å²) >= 11 is 1.50. The lowest BCUT2D eigenvalue weighted by molar-refractivity contribution is -0.0530. The van der Waals surface area contributed by atoms with Gasteiger partial charge in [-0.2, -0.15) is 5.10 Å². The number of thiophene rings is 1. The van der Waals surface area contributed by atoms with Gasteiger partial charge in [-0.1, -0.05) is 0 Å². The standard InChI is InChI=1S/C20H19FN4O2S/c21-16-2-1-5-22-18(16)20(27)7-14-3-4-15(8-20)25(14)19(26)12-6-17(28-11-12)13-9-23-24-10-13/h1-2,5-6,9-11,14-15,27H,3-4,7-8H2,(H,23,24). The molecular weight excluding hydrogens is 379 g/mol. The molecule has 144 valence electrons. The number of hydrogen-bond acceptors (Lipinski definition) is 5. The zero-order chi connectivity index (χ0) is 19.3. The zero-order valence-corrected chi connectivity index (χ0v) is 15.8. The van der Waals surface area contributed by atoms with Crippen molar-refractivity contribution in [2.75, 3.05) is 0 Å². The number of nitrogens with zero attached hydrogens (tertiary/aromatic N) is 3. The monoisotopic (exact) mass is 398 g/mol. The molecular formula is C20H19FN4O2S. The Balaban J connectivity index is 1.40. The number of amides is 1. The molecule has 2 unspecified atom stereocenters. The summed E-state index contributed by atoms with van der Waals surface area (Å²) in [6.45, 7) is 0. The molecule has 28 heavy (non-hydrogen) atoms. The van der Waals surface area contributed by atoms with Crippen LogP contribution in [0.4, 0.5) is 4.39 Å². The fourth-order valence-electron chi connectivity index (χ4n) is 4.61. The summed E-state index contributed by atoms with van der Waals surface area (Å²) in [5.74, 6) is -0.520. The first-order valence-electron chi connectivity index (χ1n) is 9.29. The summed E-state index contributed by atoms with van der Waals surface area (Å²) in [6.07, 6.45) is 7.26. The van der Waals surface area contributed by atoms with Gasteiger partial charge >= 0.3 is 0 Å². The third-order valence-electron chi connectivity index (χ3n) is 5.83. The molecule has 3 aromatic heterocycles. The number of aromatic amines is 1. The maximum Gasteiger partial charge on any atom is 0.255 e. The van der Waals surface area contributed by atoms with Crippen LogP contribution in [0.3, 0.4) is 0 Å². The number of aromatic nitrogens is 3. The molecule has 0 saturated carbocycles. The van der Waals surface area contributed by atoms with Gasteiger partial charge in [-0.3, -0.25) is 14.9 Å². The number of nitrogens with one attached hydrogen (secondary N) is 1. The van der Waals surface area contributed by atoms with Crippen LogP contribution in [-0.2, 0) is 5.60 Å². The van der Waals surface area contributed by atoms with Crippen molar-refractivity contribution in [2.24, 2.45) is 0 Å². The normalized spacial score (nSPS) is 26.6. The van der Waals surface area contributed by atoms with Crippen LogP contribution in [0.5, 0.6) is 0 Å². The molecule has 5 rings (SSSR count). The highest BCUT2D eigenvalue weighted by molar-refractivity contribution is 7.13. The van der Waals surface area contributed by atoms with Crippen molar-refractivity contribution in [3.8, 4) is 10.4 Å². The van der Waals surface area contributed by atoms with E-state index in [1.807, 2.05) is 16.3 Å². The minimum absolute atomic E-state index is 0.0259. The first kappa shape index (κ1) is 17.5. The van der Waals surface area contributed by atoms with E-state index in [2.05, 4.69) is 15.2 Å². The number of hydrogen-bond donors (Lipinski definition) is 2. The largest absolute Gasteiger partial charge is 0.383 e. The second kappa shape index (κ2) is 6.49. The van der Waals surface area contributed by atoms with E-state index in [0.29, 0.717) is 18.4 Å². The van der Waals surface area contributed by atoms with Gasteiger partial charge in [0, 0.05) is 53.1 Å². The minimum atomic E-state index is -1.33. The van der Waals surface area contributed by atoms with Crippen molar-refractivity contribution in [1.29, 1.82) is 0 Å². The molecule has 0 spiro atoms. The van der Waals surface area contributed by atoms with Crippen LogP contribution in [-0.4, -0.2) is 43.2 Å². The van der Waals surface area contributed by atoms with E-state index in [1.165, 1.54) is 29.7 Å². The molecule has 2 saturated heterocycles. The predicted octanol–water partition coefficient (Wildman–Crippen LogP) is 3.33. The Hall–Kier alpha value is -2.58. The Morgan fingerprint density at radius 1 is 1.36 bits per heavy atom. The van der Waals surface area contributed by atoms with Crippen LogP contribution in [0.25, 0.3) is 10.4 Å². The number of rotatable bonds is 3. The van der Waals surface area contributed by atoms with E-state index in [9.17, 15) is 14.3 Å². The predicted molar refractivity (Wildman–Crippen MR) is 102 cm³/mol. The van der Waals surface area contributed by atoms with Crippen molar-refractivity contribution in [1.82, 2.24) is 20.1 Å². The number of carbonyl (C=O) groups excluding carboxylic acids is 1. The van der Waals surface area contributed by atoms with Crippen LogP contribution in [0.15, 0.2) is 42.2 Å². The van der Waals surface area contributed by atoms with Crippen LogP contribution < -0.4 is 0 Å².